The maximum absolute atomic E-state index is 9.90. The molecule has 0 aromatic heterocycles. The first-order chi connectivity index (χ1) is 16.3. The van der Waals surface area contributed by atoms with E-state index in [4.69, 9.17) is 80.1 Å². The number of carboxylic acids is 2. The summed E-state index contributed by atoms with van der Waals surface area (Å²) in [6, 6.07) is 0. The smallest absolute Gasteiger partial charge is 0.394 e. The van der Waals surface area contributed by atoms with Crippen molar-refractivity contribution in [2.24, 2.45) is 11.5 Å². The Kier molecular flexibility index (Phi) is 75.7. The lowest BCUT2D eigenvalue weighted by Crippen LogP contribution is -2.27. The maximum atomic E-state index is 9.90. The largest absolute Gasteiger partial charge is 0.483 e. The molecule has 1 aliphatic rings. The lowest BCUT2D eigenvalue weighted by molar-refractivity contribution is -0.139. The number of rotatable bonds is 10. The van der Waals surface area contributed by atoms with Gasteiger partial charge in [-0.25, -0.2) is 0 Å². The van der Waals surface area contributed by atoms with Crippen LogP contribution >= 0.6 is 24.0 Å². The van der Waals surface area contributed by atoms with Gasteiger partial charge in [0.2, 0.25) is 0 Å². The second-order valence-corrected chi connectivity index (χ2v) is 6.29. The zero-order chi connectivity index (χ0) is 29.1. The fourth-order valence-electron chi connectivity index (χ4n) is 1.04. The third-order valence-corrected chi connectivity index (χ3v) is 2.59. The van der Waals surface area contributed by atoms with Crippen LogP contribution in [0.3, 0.4) is 0 Å². The SMILES string of the molecule is C=O.Cl.ClCC1CO1.N.NCCNCCN.O=C(O)CCCCC(=O)O.O=CO.O=CO.O=S(=O)(O)O. The third kappa shape index (κ3) is 179. The van der Waals surface area contributed by atoms with Crippen molar-refractivity contribution in [2.75, 3.05) is 38.7 Å². The van der Waals surface area contributed by atoms with E-state index in [1.165, 1.54) is 0 Å². The van der Waals surface area contributed by atoms with Gasteiger partial charge in [-0.2, -0.15) is 8.42 Å². The zero-order valence-electron chi connectivity index (χ0n) is 20.0. The molecule has 0 amide bonds. The van der Waals surface area contributed by atoms with Crippen LogP contribution in [0, 0.1) is 0 Å². The van der Waals surface area contributed by atoms with Crippen molar-refractivity contribution in [3.8, 4) is 0 Å². The third-order valence-electron chi connectivity index (χ3n) is 2.25. The summed E-state index contributed by atoms with van der Waals surface area (Å²) in [5.74, 6) is -1.07. The Hall–Kier alpha value is -2.20. The predicted molar refractivity (Wildman–Crippen MR) is 136 cm³/mol. The van der Waals surface area contributed by atoms with E-state index in [1.807, 2.05) is 6.79 Å². The standard InChI is InChI=1S/C6H10O4.C4H13N3.C3H5ClO.2CH2O2.CH2O.ClH.H3N.H2O4S/c7-5(8)3-1-2-4-6(9)10;5-1-3-7-4-2-6;4-1-3-2-5-3;2*2-1-3;1-2;;;1-5(2,3)4/h1-4H2,(H,7,8)(H,9,10);7H,1-6H2;3H,1-2H2;2*1H,(H,2,3);1H2;1H;1H3;(H2,1,2,3,4). The summed E-state index contributed by atoms with van der Waals surface area (Å²) in [5.41, 5.74) is 10.3. The Bertz CT molecular complexity index is 540. The number of carbonyl (C=O) groups is 5. The molecule has 0 radical (unpaired) electrons. The van der Waals surface area contributed by atoms with Gasteiger partial charge in [-0.15, -0.1) is 24.0 Å². The van der Waals surface area contributed by atoms with Crippen LogP contribution in [0.15, 0.2) is 0 Å². The second-order valence-electron chi connectivity index (χ2n) is 5.09. The molecule has 228 valence electrons. The number of carboxylic acid groups (broad SMARTS) is 4. The van der Waals surface area contributed by atoms with Gasteiger partial charge in [0.15, 0.2) is 0 Å². The number of ether oxygens (including phenoxy) is 1. The molecular formula is C16H40Cl2N4O14S. The van der Waals surface area contributed by atoms with Crippen LogP contribution < -0.4 is 22.9 Å². The highest BCUT2D eigenvalue weighted by Crippen LogP contribution is 2.08. The van der Waals surface area contributed by atoms with Crippen LogP contribution in [-0.2, 0) is 39.1 Å². The molecule has 1 fully saturated rings. The molecule has 1 aliphatic heterocycles. The van der Waals surface area contributed by atoms with E-state index >= 15 is 0 Å². The molecule has 1 rings (SSSR count). The summed E-state index contributed by atoms with van der Waals surface area (Å²) in [5, 5.41) is 33.1. The van der Waals surface area contributed by atoms with Crippen molar-refractivity contribution in [1.29, 1.82) is 0 Å². The fourth-order valence-corrected chi connectivity index (χ4v) is 1.22. The second kappa shape index (κ2) is 50.6. The van der Waals surface area contributed by atoms with Gasteiger partial charge in [-0.1, -0.05) is 0 Å². The zero-order valence-corrected chi connectivity index (χ0v) is 22.4. The lowest BCUT2D eigenvalue weighted by Gasteiger charge is -1.95. The molecule has 1 unspecified atom stereocenters. The highest BCUT2D eigenvalue weighted by molar-refractivity contribution is 7.79. The van der Waals surface area contributed by atoms with Gasteiger partial charge >= 0.3 is 22.3 Å². The van der Waals surface area contributed by atoms with Crippen molar-refractivity contribution in [3.05, 3.63) is 0 Å². The van der Waals surface area contributed by atoms with Crippen LogP contribution in [0.4, 0.5) is 0 Å². The molecule has 0 saturated carbocycles. The minimum absolute atomic E-state index is 0. The number of carbonyl (C=O) groups excluding carboxylic acids is 1. The van der Waals surface area contributed by atoms with Crippen molar-refractivity contribution >= 4 is 66.1 Å². The molecule has 0 bridgehead atoms. The average Bonchev–Trinajstić information content (AvgIpc) is 3.59. The Morgan fingerprint density at radius 3 is 1.32 bits per heavy atom. The molecule has 21 heteroatoms. The molecule has 0 aromatic rings. The highest BCUT2D eigenvalue weighted by Gasteiger charge is 2.19. The monoisotopic (exact) mass is 614 g/mol. The highest BCUT2D eigenvalue weighted by atomic mass is 35.5. The number of epoxide rings is 1. The molecular weight excluding hydrogens is 575 g/mol. The van der Waals surface area contributed by atoms with Gasteiger partial charge in [0.1, 0.15) is 6.79 Å². The number of unbranched alkanes of at least 4 members (excludes halogenated alkanes) is 1. The molecule has 18 nitrogen and oxygen atoms in total. The summed E-state index contributed by atoms with van der Waals surface area (Å²) >= 11 is 5.27. The predicted octanol–water partition coefficient (Wildman–Crippen LogP) is -1.02. The van der Waals surface area contributed by atoms with E-state index in [2.05, 4.69) is 5.32 Å². The van der Waals surface area contributed by atoms with Gasteiger partial charge < -0.3 is 52.9 Å². The molecule has 37 heavy (non-hydrogen) atoms. The summed E-state index contributed by atoms with van der Waals surface area (Å²) in [4.78, 5) is 44.5. The number of nitrogens with one attached hydrogen (secondary N) is 1. The first kappa shape index (κ1) is 55.4. The number of hydrogen-bond donors (Lipinski definition) is 10. The Labute approximate surface area is 226 Å². The molecule has 1 atom stereocenters. The Balaban J connectivity index is -0.0000000464. The van der Waals surface area contributed by atoms with Crippen molar-refractivity contribution in [2.45, 2.75) is 31.8 Å². The Morgan fingerprint density at radius 2 is 1.22 bits per heavy atom. The van der Waals surface area contributed by atoms with Gasteiger partial charge in [-0.05, 0) is 12.8 Å². The van der Waals surface area contributed by atoms with E-state index in [-0.39, 0.29) is 44.3 Å². The van der Waals surface area contributed by atoms with Gasteiger partial charge in [0.25, 0.3) is 12.9 Å². The number of nitrogens with two attached hydrogens (primary N) is 2. The van der Waals surface area contributed by atoms with Crippen molar-refractivity contribution in [1.82, 2.24) is 11.5 Å². The van der Waals surface area contributed by atoms with Gasteiger partial charge in [0.05, 0.1) is 18.6 Å². The number of aliphatic carboxylic acids is 2. The van der Waals surface area contributed by atoms with Crippen LogP contribution in [0.1, 0.15) is 25.7 Å². The summed E-state index contributed by atoms with van der Waals surface area (Å²) < 4.78 is 36.3. The van der Waals surface area contributed by atoms with Crippen LogP contribution in [-0.4, -0.2) is 114 Å². The van der Waals surface area contributed by atoms with E-state index in [1.54, 1.807) is 0 Å². The molecule has 1 saturated heterocycles. The van der Waals surface area contributed by atoms with Crippen molar-refractivity contribution < 1.29 is 66.7 Å². The van der Waals surface area contributed by atoms with Gasteiger partial charge in [0, 0.05) is 39.0 Å². The molecule has 1 heterocycles. The minimum Gasteiger partial charge on any atom is -0.483 e. The quantitative estimate of drug-likeness (QED) is 0.0462. The maximum Gasteiger partial charge on any atom is 0.394 e. The fraction of sp³-hybridized carbons (Fsp3) is 0.688. The van der Waals surface area contributed by atoms with Gasteiger partial charge in [-0.3, -0.25) is 28.3 Å². The average molecular weight is 615 g/mol. The van der Waals surface area contributed by atoms with E-state index in [0.29, 0.717) is 37.9 Å². The minimum atomic E-state index is -4.67. The van der Waals surface area contributed by atoms with E-state index in [9.17, 15) is 9.59 Å². The summed E-state index contributed by atoms with van der Waals surface area (Å²) in [6.07, 6.45) is 1.42. The first-order valence-corrected chi connectivity index (χ1v) is 11.1. The van der Waals surface area contributed by atoms with Crippen molar-refractivity contribution in [3.63, 3.8) is 0 Å². The summed E-state index contributed by atoms with van der Waals surface area (Å²) in [6.45, 7) is 5.51. The lowest BCUT2D eigenvalue weighted by atomic mass is 10.2. The summed E-state index contributed by atoms with van der Waals surface area (Å²) in [7, 11) is -4.67. The molecule has 0 aromatic carbocycles. The van der Waals surface area contributed by atoms with E-state index < -0.39 is 22.3 Å². The number of hydrogen-bond acceptors (Lipinski definition) is 12. The number of halogens is 2. The van der Waals surface area contributed by atoms with E-state index in [0.717, 1.165) is 19.7 Å². The number of alkyl halides is 1. The van der Waals surface area contributed by atoms with Crippen LogP contribution in [0.5, 0.6) is 0 Å². The topological polar surface area (TPSA) is 352 Å². The van der Waals surface area contributed by atoms with Crippen LogP contribution in [0.25, 0.3) is 0 Å². The first-order valence-electron chi connectivity index (χ1n) is 9.17. The normalized spacial score (nSPS) is 11.2. The van der Waals surface area contributed by atoms with Crippen LogP contribution in [0.2, 0.25) is 0 Å². The molecule has 0 spiro atoms. The Morgan fingerprint density at radius 1 is 0.973 bits per heavy atom. The molecule has 14 N–H and O–H groups in total. The molecule has 0 aliphatic carbocycles.